The molecule has 2 N–H and O–H groups in total. The first-order valence-electron chi connectivity index (χ1n) is 6.22. The number of amides is 1. The number of carbonyl (C=O) groups is 2. The zero-order chi connectivity index (χ0) is 14.2. The average Bonchev–Trinajstić information content (AvgIpc) is 3.05. The van der Waals surface area contributed by atoms with Crippen LogP contribution >= 0.6 is 23.1 Å². The smallest absolute Gasteiger partial charge is 0.330 e. The molecule has 1 aromatic carbocycles. The van der Waals surface area contributed by atoms with Gasteiger partial charge in [-0.15, -0.1) is 11.3 Å². The minimum absolute atomic E-state index is 0.299. The number of thiophene rings is 1. The van der Waals surface area contributed by atoms with Gasteiger partial charge >= 0.3 is 5.97 Å². The third kappa shape index (κ3) is 2.19. The number of carbonyl (C=O) groups excluding carboxylic acids is 1. The van der Waals surface area contributed by atoms with Gasteiger partial charge in [0.05, 0.1) is 5.56 Å². The number of benzene rings is 1. The lowest BCUT2D eigenvalue weighted by Crippen LogP contribution is -2.54. The highest BCUT2D eigenvalue weighted by atomic mass is 32.2. The van der Waals surface area contributed by atoms with Crippen LogP contribution < -0.4 is 5.32 Å². The zero-order valence-corrected chi connectivity index (χ0v) is 12.2. The van der Waals surface area contributed by atoms with Crippen molar-refractivity contribution >= 4 is 45.1 Å². The Hall–Kier alpha value is -1.53. The first-order valence-corrected chi connectivity index (χ1v) is 8.26. The topological polar surface area (TPSA) is 66.4 Å². The molecule has 1 amide bonds. The van der Waals surface area contributed by atoms with Crippen LogP contribution in [-0.2, 0) is 4.79 Å². The molecule has 0 radical (unpaired) electrons. The first-order chi connectivity index (χ1) is 9.62. The molecule has 3 rings (SSSR count). The molecular formula is C14H13NO3S2. The third-order valence-electron chi connectivity index (χ3n) is 3.51. The number of fused-ring (bicyclic) bond motifs is 1. The van der Waals surface area contributed by atoms with E-state index in [4.69, 9.17) is 0 Å². The molecular weight excluding hydrogens is 294 g/mol. The highest BCUT2D eigenvalue weighted by Gasteiger charge is 2.43. The van der Waals surface area contributed by atoms with Crippen LogP contribution in [-0.4, -0.2) is 34.0 Å². The summed E-state index contributed by atoms with van der Waals surface area (Å²) in [7, 11) is 0. The van der Waals surface area contributed by atoms with E-state index in [0.29, 0.717) is 17.7 Å². The SMILES string of the molecule is O=C(NC1(C(=O)O)CCSC1)c1csc2ccccc12. The van der Waals surface area contributed by atoms with Crippen LogP contribution in [0.15, 0.2) is 29.6 Å². The van der Waals surface area contributed by atoms with Gasteiger partial charge in [-0.2, -0.15) is 11.8 Å². The lowest BCUT2D eigenvalue weighted by Gasteiger charge is -2.24. The van der Waals surface area contributed by atoms with Crippen molar-refractivity contribution in [2.24, 2.45) is 0 Å². The van der Waals surface area contributed by atoms with Crippen LogP contribution in [0.1, 0.15) is 16.8 Å². The van der Waals surface area contributed by atoms with E-state index in [1.165, 1.54) is 11.3 Å². The zero-order valence-electron chi connectivity index (χ0n) is 10.6. The molecule has 0 bridgehead atoms. The van der Waals surface area contributed by atoms with Crippen LogP contribution in [0.3, 0.4) is 0 Å². The van der Waals surface area contributed by atoms with Crippen LogP contribution in [0.5, 0.6) is 0 Å². The summed E-state index contributed by atoms with van der Waals surface area (Å²) in [6, 6.07) is 7.64. The molecule has 2 aromatic rings. The van der Waals surface area contributed by atoms with Gasteiger partial charge in [0.1, 0.15) is 5.54 Å². The summed E-state index contributed by atoms with van der Waals surface area (Å²) in [5.41, 5.74) is -0.562. The average molecular weight is 307 g/mol. The molecule has 20 heavy (non-hydrogen) atoms. The van der Waals surface area contributed by atoms with Gasteiger partial charge in [0.25, 0.3) is 5.91 Å². The van der Waals surface area contributed by atoms with Crippen molar-refractivity contribution in [3.63, 3.8) is 0 Å². The predicted octanol–water partition coefficient (Wildman–Crippen LogP) is 2.59. The van der Waals surface area contributed by atoms with E-state index >= 15 is 0 Å². The van der Waals surface area contributed by atoms with Gasteiger partial charge in [0.2, 0.25) is 0 Å². The minimum Gasteiger partial charge on any atom is -0.479 e. The molecule has 1 saturated heterocycles. The summed E-state index contributed by atoms with van der Waals surface area (Å²) >= 11 is 3.05. The van der Waals surface area contributed by atoms with E-state index in [-0.39, 0.29) is 5.91 Å². The predicted molar refractivity (Wildman–Crippen MR) is 81.6 cm³/mol. The van der Waals surface area contributed by atoms with E-state index in [1.54, 1.807) is 17.1 Å². The Morgan fingerprint density at radius 1 is 1.30 bits per heavy atom. The monoisotopic (exact) mass is 307 g/mol. The number of aliphatic carboxylic acids is 1. The van der Waals surface area contributed by atoms with Crippen molar-refractivity contribution in [1.82, 2.24) is 5.32 Å². The van der Waals surface area contributed by atoms with Gasteiger partial charge in [-0.05, 0) is 18.2 Å². The van der Waals surface area contributed by atoms with E-state index in [1.807, 2.05) is 24.3 Å². The molecule has 6 heteroatoms. The number of hydrogen-bond acceptors (Lipinski definition) is 4. The van der Waals surface area contributed by atoms with Crippen LogP contribution in [0.4, 0.5) is 0 Å². The summed E-state index contributed by atoms with van der Waals surface area (Å²) in [4.78, 5) is 23.9. The van der Waals surface area contributed by atoms with Crippen LogP contribution in [0, 0.1) is 0 Å². The van der Waals surface area contributed by atoms with Crippen molar-refractivity contribution < 1.29 is 14.7 Å². The normalized spacial score (nSPS) is 22.0. The fourth-order valence-electron chi connectivity index (χ4n) is 2.32. The highest BCUT2D eigenvalue weighted by Crippen LogP contribution is 2.30. The van der Waals surface area contributed by atoms with Crippen molar-refractivity contribution in [2.75, 3.05) is 11.5 Å². The van der Waals surface area contributed by atoms with Gasteiger partial charge in [-0.3, -0.25) is 4.79 Å². The summed E-state index contributed by atoms with van der Waals surface area (Å²) in [6.45, 7) is 0. The molecule has 1 unspecified atom stereocenters. The summed E-state index contributed by atoms with van der Waals surface area (Å²) in [5.74, 6) is -0.0599. The third-order valence-corrected chi connectivity index (χ3v) is 5.66. The lowest BCUT2D eigenvalue weighted by molar-refractivity contribution is -0.143. The fourth-order valence-corrected chi connectivity index (χ4v) is 4.59. The lowest BCUT2D eigenvalue weighted by atomic mass is 9.98. The maximum Gasteiger partial charge on any atom is 0.330 e. The number of hydrogen-bond donors (Lipinski definition) is 2. The van der Waals surface area contributed by atoms with Gasteiger partial charge < -0.3 is 10.4 Å². The van der Waals surface area contributed by atoms with E-state index in [0.717, 1.165) is 15.8 Å². The van der Waals surface area contributed by atoms with Gasteiger partial charge in [0.15, 0.2) is 0 Å². The maximum absolute atomic E-state index is 12.4. The van der Waals surface area contributed by atoms with Gasteiger partial charge in [0, 0.05) is 21.2 Å². The van der Waals surface area contributed by atoms with Crippen molar-refractivity contribution in [3.05, 3.63) is 35.2 Å². The largest absolute Gasteiger partial charge is 0.479 e. The maximum atomic E-state index is 12.4. The second kappa shape index (κ2) is 5.10. The van der Waals surface area contributed by atoms with Crippen molar-refractivity contribution in [1.29, 1.82) is 0 Å². The Morgan fingerprint density at radius 3 is 2.80 bits per heavy atom. The second-order valence-corrected chi connectivity index (χ2v) is 6.81. The number of nitrogens with one attached hydrogen (secondary N) is 1. The van der Waals surface area contributed by atoms with Gasteiger partial charge in [-0.1, -0.05) is 18.2 Å². The summed E-state index contributed by atoms with van der Waals surface area (Å²) < 4.78 is 1.03. The van der Waals surface area contributed by atoms with Crippen LogP contribution in [0.25, 0.3) is 10.1 Å². The number of thioether (sulfide) groups is 1. The Kier molecular flexibility index (Phi) is 3.43. The van der Waals surface area contributed by atoms with E-state index < -0.39 is 11.5 Å². The summed E-state index contributed by atoms with van der Waals surface area (Å²) in [5, 5.41) is 14.8. The molecule has 0 aliphatic carbocycles. The first kappa shape index (κ1) is 13.5. The Bertz CT molecular complexity index is 674. The van der Waals surface area contributed by atoms with Crippen LogP contribution in [0.2, 0.25) is 0 Å². The molecule has 1 aliphatic heterocycles. The molecule has 1 aliphatic rings. The molecule has 1 aromatic heterocycles. The fraction of sp³-hybridized carbons (Fsp3) is 0.286. The molecule has 1 fully saturated rings. The molecule has 1 atom stereocenters. The quantitative estimate of drug-likeness (QED) is 0.914. The van der Waals surface area contributed by atoms with Crippen molar-refractivity contribution in [3.8, 4) is 0 Å². The molecule has 2 heterocycles. The number of carboxylic acids is 1. The van der Waals surface area contributed by atoms with Gasteiger partial charge in [-0.25, -0.2) is 4.79 Å². The Morgan fingerprint density at radius 2 is 2.10 bits per heavy atom. The Balaban J connectivity index is 1.91. The molecule has 0 spiro atoms. The van der Waals surface area contributed by atoms with Crippen molar-refractivity contribution in [2.45, 2.75) is 12.0 Å². The number of rotatable bonds is 3. The minimum atomic E-state index is -1.12. The van der Waals surface area contributed by atoms with E-state index in [9.17, 15) is 14.7 Å². The molecule has 0 saturated carbocycles. The molecule has 4 nitrogen and oxygen atoms in total. The standard InChI is InChI=1S/C14H13NO3S2/c16-12(15-14(13(17)18)5-6-19-8-14)10-7-20-11-4-2-1-3-9(10)11/h1-4,7H,5-6,8H2,(H,15,16)(H,17,18). The highest BCUT2D eigenvalue weighted by molar-refractivity contribution is 7.99. The van der Waals surface area contributed by atoms with E-state index in [2.05, 4.69) is 5.32 Å². The molecule has 104 valence electrons. The second-order valence-electron chi connectivity index (χ2n) is 4.79. The Labute approximate surface area is 124 Å². The number of carboxylic acid groups (broad SMARTS) is 1. The summed E-state index contributed by atoms with van der Waals surface area (Å²) in [6.07, 6.45) is 0.473.